The number of hydrogen-bond donors (Lipinski definition) is 1. The van der Waals surface area contributed by atoms with Crippen molar-refractivity contribution in [1.29, 1.82) is 0 Å². The molecule has 1 heterocycles. The minimum absolute atomic E-state index is 0.296. The lowest BCUT2D eigenvalue weighted by molar-refractivity contribution is 0.284. The number of rotatable bonds is 7. The SMILES string of the molecule is OCCCCCSc1nnnn1C1CCCCC1. The summed E-state index contributed by atoms with van der Waals surface area (Å²) in [6.45, 7) is 0.296. The lowest BCUT2D eigenvalue weighted by atomic mass is 9.96. The molecule has 1 aliphatic carbocycles. The summed E-state index contributed by atoms with van der Waals surface area (Å²) in [6, 6.07) is 0.508. The lowest BCUT2D eigenvalue weighted by Gasteiger charge is -2.21. The number of thioether (sulfide) groups is 1. The van der Waals surface area contributed by atoms with Crippen LogP contribution < -0.4 is 0 Å². The van der Waals surface area contributed by atoms with Gasteiger partial charge in [-0.1, -0.05) is 37.4 Å². The fourth-order valence-corrected chi connectivity index (χ4v) is 3.33. The average molecular weight is 270 g/mol. The second-order valence-electron chi connectivity index (χ2n) is 4.83. The van der Waals surface area contributed by atoms with E-state index in [4.69, 9.17) is 5.11 Å². The Hall–Kier alpha value is -0.620. The smallest absolute Gasteiger partial charge is 0.209 e. The van der Waals surface area contributed by atoms with Gasteiger partial charge in [-0.15, -0.1) is 5.10 Å². The van der Waals surface area contributed by atoms with Gasteiger partial charge in [0.1, 0.15) is 0 Å². The molecule has 1 aromatic rings. The third-order valence-electron chi connectivity index (χ3n) is 3.42. The van der Waals surface area contributed by atoms with Gasteiger partial charge in [0.15, 0.2) is 0 Å². The topological polar surface area (TPSA) is 63.8 Å². The molecule has 0 atom stereocenters. The number of aliphatic hydroxyl groups excluding tert-OH is 1. The zero-order valence-corrected chi connectivity index (χ0v) is 11.6. The summed E-state index contributed by atoms with van der Waals surface area (Å²) in [7, 11) is 0. The molecule has 1 aliphatic rings. The van der Waals surface area contributed by atoms with Gasteiger partial charge in [0.2, 0.25) is 5.16 Å². The second-order valence-corrected chi connectivity index (χ2v) is 5.89. The Bertz CT molecular complexity index is 339. The maximum atomic E-state index is 8.72. The lowest BCUT2D eigenvalue weighted by Crippen LogP contribution is -2.15. The van der Waals surface area contributed by atoms with E-state index in [1.54, 1.807) is 11.8 Å². The van der Waals surface area contributed by atoms with Crippen LogP contribution in [-0.2, 0) is 0 Å². The Morgan fingerprint density at radius 3 is 2.78 bits per heavy atom. The van der Waals surface area contributed by atoms with E-state index >= 15 is 0 Å². The number of nitrogens with zero attached hydrogens (tertiary/aromatic N) is 4. The van der Waals surface area contributed by atoms with Crippen LogP contribution in [0.1, 0.15) is 57.4 Å². The van der Waals surface area contributed by atoms with E-state index in [2.05, 4.69) is 15.5 Å². The first-order valence-corrected chi connectivity index (χ1v) is 7.92. The molecule has 102 valence electrons. The average Bonchev–Trinajstić information content (AvgIpc) is 2.88. The molecule has 0 unspecified atom stereocenters. The molecule has 18 heavy (non-hydrogen) atoms. The predicted octanol–water partition coefficient (Wildman–Crippen LogP) is 2.43. The van der Waals surface area contributed by atoms with Crippen molar-refractivity contribution in [1.82, 2.24) is 20.2 Å². The maximum Gasteiger partial charge on any atom is 0.209 e. The van der Waals surface area contributed by atoms with E-state index in [9.17, 15) is 0 Å². The first-order valence-electron chi connectivity index (χ1n) is 6.93. The highest BCUT2D eigenvalue weighted by atomic mass is 32.2. The van der Waals surface area contributed by atoms with E-state index in [1.165, 1.54) is 32.1 Å². The van der Waals surface area contributed by atoms with Crippen LogP contribution in [0.3, 0.4) is 0 Å². The molecule has 1 N–H and O–H groups in total. The van der Waals surface area contributed by atoms with Gasteiger partial charge in [0, 0.05) is 12.4 Å². The van der Waals surface area contributed by atoms with E-state index in [1.807, 2.05) is 4.68 Å². The van der Waals surface area contributed by atoms with Gasteiger partial charge in [-0.3, -0.25) is 0 Å². The largest absolute Gasteiger partial charge is 0.396 e. The summed E-state index contributed by atoms with van der Waals surface area (Å²) in [5.74, 6) is 1.03. The minimum Gasteiger partial charge on any atom is -0.396 e. The first-order chi connectivity index (χ1) is 8.92. The first kappa shape index (κ1) is 13.8. The summed E-state index contributed by atoms with van der Waals surface area (Å²) in [4.78, 5) is 0. The number of unbranched alkanes of at least 4 members (excludes halogenated alkanes) is 2. The van der Waals surface area contributed by atoms with Crippen molar-refractivity contribution in [2.45, 2.75) is 62.6 Å². The van der Waals surface area contributed by atoms with Crippen LogP contribution in [0.5, 0.6) is 0 Å². The molecule has 1 aromatic heterocycles. The summed E-state index contributed by atoms with van der Waals surface area (Å²) < 4.78 is 2.02. The van der Waals surface area contributed by atoms with Crippen LogP contribution in [0.4, 0.5) is 0 Å². The molecule has 0 aliphatic heterocycles. The van der Waals surface area contributed by atoms with E-state index < -0.39 is 0 Å². The molecule has 0 spiro atoms. The highest BCUT2D eigenvalue weighted by molar-refractivity contribution is 7.99. The highest BCUT2D eigenvalue weighted by Gasteiger charge is 2.19. The van der Waals surface area contributed by atoms with Crippen LogP contribution in [0.2, 0.25) is 0 Å². The fourth-order valence-electron chi connectivity index (χ4n) is 2.39. The van der Waals surface area contributed by atoms with Crippen LogP contribution in [0, 0.1) is 0 Å². The third kappa shape index (κ3) is 3.95. The Morgan fingerprint density at radius 2 is 2.00 bits per heavy atom. The van der Waals surface area contributed by atoms with Crippen molar-refractivity contribution in [2.24, 2.45) is 0 Å². The minimum atomic E-state index is 0.296. The molecule has 0 radical (unpaired) electrons. The molecule has 6 heteroatoms. The number of tetrazole rings is 1. The fraction of sp³-hybridized carbons (Fsp3) is 0.917. The van der Waals surface area contributed by atoms with Gasteiger partial charge in [0.25, 0.3) is 0 Å². The third-order valence-corrected chi connectivity index (χ3v) is 4.44. The van der Waals surface area contributed by atoms with Gasteiger partial charge in [0.05, 0.1) is 6.04 Å². The Balaban J connectivity index is 1.79. The van der Waals surface area contributed by atoms with Crippen LogP contribution in [-0.4, -0.2) is 37.7 Å². The van der Waals surface area contributed by atoms with Crippen LogP contribution >= 0.6 is 11.8 Å². The molecule has 1 saturated carbocycles. The molecule has 0 aromatic carbocycles. The summed E-state index contributed by atoms with van der Waals surface area (Å²) in [6.07, 6.45) is 9.45. The quantitative estimate of drug-likeness (QED) is 0.609. The van der Waals surface area contributed by atoms with Crippen molar-refractivity contribution in [3.8, 4) is 0 Å². The number of aromatic nitrogens is 4. The maximum absolute atomic E-state index is 8.72. The molecule has 0 bridgehead atoms. The second kappa shape index (κ2) is 7.74. The molecule has 1 fully saturated rings. The Morgan fingerprint density at radius 1 is 1.17 bits per heavy atom. The van der Waals surface area contributed by atoms with Crippen molar-refractivity contribution in [3.05, 3.63) is 0 Å². The van der Waals surface area contributed by atoms with Gasteiger partial charge in [-0.2, -0.15) is 0 Å². The van der Waals surface area contributed by atoms with E-state index in [0.29, 0.717) is 12.6 Å². The van der Waals surface area contributed by atoms with Gasteiger partial charge in [-0.05, 0) is 36.1 Å². The summed E-state index contributed by atoms with van der Waals surface area (Å²) in [5, 5.41) is 21.8. The van der Waals surface area contributed by atoms with Crippen LogP contribution in [0.25, 0.3) is 0 Å². The van der Waals surface area contributed by atoms with Crippen molar-refractivity contribution in [3.63, 3.8) is 0 Å². The monoisotopic (exact) mass is 270 g/mol. The normalized spacial score (nSPS) is 17.2. The van der Waals surface area contributed by atoms with E-state index in [0.717, 1.165) is 30.2 Å². The zero-order valence-electron chi connectivity index (χ0n) is 10.8. The summed E-state index contributed by atoms with van der Waals surface area (Å²) >= 11 is 1.74. The van der Waals surface area contributed by atoms with Crippen molar-refractivity contribution >= 4 is 11.8 Å². The van der Waals surface area contributed by atoms with Gasteiger partial charge >= 0.3 is 0 Å². The van der Waals surface area contributed by atoms with Crippen LogP contribution in [0.15, 0.2) is 5.16 Å². The number of hydrogen-bond acceptors (Lipinski definition) is 5. The molecular weight excluding hydrogens is 248 g/mol. The zero-order chi connectivity index (χ0) is 12.6. The summed E-state index contributed by atoms with van der Waals surface area (Å²) in [5.41, 5.74) is 0. The van der Waals surface area contributed by atoms with E-state index in [-0.39, 0.29) is 0 Å². The molecule has 0 saturated heterocycles. The predicted molar refractivity (Wildman–Crippen MR) is 71.6 cm³/mol. The van der Waals surface area contributed by atoms with Crippen molar-refractivity contribution in [2.75, 3.05) is 12.4 Å². The highest BCUT2D eigenvalue weighted by Crippen LogP contribution is 2.30. The molecular formula is C12H22N4OS. The standard InChI is InChI=1S/C12H22N4OS/c17-9-5-2-6-10-18-12-13-14-15-16(12)11-7-3-1-4-8-11/h11,17H,1-10H2. The van der Waals surface area contributed by atoms with Gasteiger partial charge < -0.3 is 5.11 Å². The molecule has 2 rings (SSSR count). The number of aliphatic hydroxyl groups is 1. The van der Waals surface area contributed by atoms with Gasteiger partial charge in [-0.25, -0.2) is 4.68 Å². The molecule has 0 amide bonds. The van der Waals surface area contributed by atoms with Crippen molar-refractivity contribution < 1.29 is 5.11 Å². The Kier molecular flexibility index (Phi) is 5.93. The molecule has 5 nitrogen and oxygen atoms in total. The Labute approximate surface area is 112 Å².